The quantitative estimate of drug-likeness (QED) is 0.364. The minimum atomic E-state index is -0.635. The number of esters is 1. The Kier molecular flexibility index (Phi) is 7.05. The van der Waals surface area contributed by atoms with Crippen LogP contribution in [0.15, 0.2) is 58.7 Å². The summed E-state index contributed by atoms with van der Waals surface area (Å²) in [5, 5.41) is 3.87. The molecule has 130 valence electrons. The van der Waals surface area contributed by atoms with Crippen LogP contribution in [-0.2, 0) is 9.53 Å². The predicted octanol–water partition coefficient (Wildman–Crippen LogP) is 5.50. The van der Waals surface area contributed by atoms with Crippen molar-refractivity contribution < 1.29 is 14.3 Å². The van der Waals surface area contributed by atoms with Crippen LogP contribution in [0.1, 0.15) is 17.3 Å². The number of hydrogen-bond acceptors (Lipinski definition) is 4. The van der Waals surface area contributed by atoms with Crippen molar-refractivity contribution in [1.29, 1.82) is 0 Å². The highest BCUT2D eigenvalue weighted by molar-refractivity contribution is 9.10. The maximum atomic E-state index is 12.4. The molecule has 2 aromatic carbocycles. The van der Waals surface area contributed by atoms with Crippen LogP contribution in [0.25, 0.3) is 0 Å². The van der Waals surface area contributed by atoms with Crippen molar-refractivity contribution in [2.45, 2.75) is 6.92 Å². The third kappa shape index (κ3) is 5.59. The zero-order chi connectivity index (χ0) is 18.4. The highest BCUT2D eigenvalue weighted by atomic mass is 79.9. The molecule has 0 heterocycles. The molecule has 0 bridgehead atoms. The van der Waals surface area contributed by atoms with Gasteiger partial charge in [-0.1, -0.05) is 23.2 Å². The van der Waals surface area contributed by atoms with Crippen LogP contribution in [-0.4, -0.2) is 18.4 Å². The number of carbonyl (C=O) groups excluding carboxylic acids is 2. The zero-order valence-electron chi connectivity index (χ0n) is 13.2. The predicted molar refractivity (Wildman–Crippen MR) is 103 cm³/mol. The lowest BCUT2D eigenvalue weighted by atomic mass is 10.1. The summed E-state index contributed by atoms with van der Waals surface area (Å²) in [6, 6.07) is 11.5. The van der Waals surface area contributed by atoms with Gasteiger partial charge in [-0.2, -0.15) is 0 Å². The number of carbonyl (C=O) groups is 2. The molecule has 0 atom stereocenters. The van der Waals surface area contributed by atoms with Gasteiger partial charge in [-0.3, -0.25) is 4.79 Å². The van der Waals surface area contributed by atoms with E-state index in [4.69, 9.17) is 27.9 Å². The van der Waals surface area contributed by atoms with E-state index in [1.54, 1.807) is 49.4 Å². The van der Waals surface area contributed by atoms with Gasteiger partial charge < -0.3 is 10.1 Å². The first-order valence-electron chi connectivity index (χ1n) is 7.31. The first-order chi connectivity index (χ1) is 11.9. The van der Waals surface area contributed by atoms with E-state index >= 15 is 0 Å². The number of ketones is 1. The van der Waals surface area contributed by atoms with E-state index in [1.165, 1.54) is 6.08 Å². The molecule has 0 aliphatic heterocycles. The van der Waals surface area contributed by atoms with Gasteiger partial charge in [-0.05, 0) is 65.3 Å². The molecular formula is C18H14BrCl2NO3. The van der Waals surface area contributed by atoms with Gasteiger partial charge in [0, 0.05) is 26.8 Å². The van der Waals surface area contributed by atoms with E-state index in [0.717, 1.165) is 4.47 Å². The SMILES string of the molecule is CCOC(=O)/C(=C/C(=O)c1ccc(Cl)cc1)Nc1ccc(Br)c(Cl)c1. The number of allylic oxidation sites excluding steroid dienone is 1. The number of ether oxygens (including phenoxy) is 1. The molecule has 2 aromatic rings. The zero-order valence-corrected chi connectivity index (χ0v) is 16.3. The third-order valence-corrected chi connectivity index (χ3v) is 4.58. The second-order valence-electron chi connectivity index (χ2n) is 4.90. The molecule has 0 aromatic heterocycles. The molecule has 0 unspecified atom stereocenters. The monoisotopic (exact) mass is 441 g/mol. The van der Waals surface area contributed by atoms with E-state index < -0.39 is 5.97 Å². The average molecular weight is 443 g/mol. The fraction of sp³-hybridized carbons (Fsp3) is 0.111. The van der Waals surface area contributed by atoms with E-state index in [-0.39, 0.29) is 18.1 Å². The van der Waals surface area contributed by atoms with Crippen LogP contribution >= 0.6 is 39.1 Å². The van der Waals surface area contributed by atoms with Crippen molar-refractivity contribution in [2.75, 3.05) is 11.9 Å². The summed E-state index contributed by atoms with van der Waals surface area (Å²) in [7, 11) is 0. The van der Waals surface area contributed by atoms with Crippen LogP contribution in [0.3, 0.4) is 0 Å². The molecular weight excluding hydrogens is 429 g/mol. The van der Waals surface area contributed by atoms with Gasteiger partial charge in [0.05, 0.1) is 11.6 Å². The smallest absolute Gasteiger partial charge is 0.354 e. The molecule has 0 saturated heterocycles. The number of rotatable bonds is 6. The molecule has 25 heavy (non-hydrogen) atoms. The van der Waals surface area contributed by atoms with Gasteiger partial charge in [0.2, 0.25) is 0 Å². The standard InChI is InChI=1S/C18H14BrCl2NO3/c1-2-25-18(24)16(22-13-7-8-14(19)15(21)9-13)10-17(23)11-3-5-12(20)6-4-11/h3-10,22H,2H2,1H3/b16-10-. The molecule has 0 radical (unpaired) electrons. The van der Waals surface area contributed by atoms with Crippen LogP contribution in [0.5, 0.6) is 0 Å². The Labute approximate surface area is 163 Å². The maximum absolute atomic E-state index is 12.4. The minimum absolute atomic E-state index is 0.0141. The number of benzene rings is 2. The Hall–Kier alpha value is -1.82. The fourth-order valence-electron chi connectivity index (χ4n) is 1.91. The molecule has 0 aliphatic rings. The molecule has 4 nitrogen and oxygen atoms in total. The first kappa shape index (κ1) is 19.5. The van der Waals surface area contributed by atoms with Crippen molar-refractivity contribution >= 4 is 56.6 Å². The van der Waals surface area contributed by atoms with E-state index in [2.05, 4.69) is 21.2 Å². The number of halogens is 3. The van der Waals surface area contributed by atoms with Gasteiger partial charge in [0.1, 0.15) is 5.70 Å². The van der Waals surface area contributed by atoms with E-state index in [1.807, 2.05) is 0 Å². The van der Waals surface area contributed by atoms with Crippen molar-refractivity contribution in [2.24, 2.45) is 0 Å². The molecule has 7 heteroatoms. The second-order valence-corrected chi connectivity index (χ2v) is 6.60. The molecule has 0 fully saturated rings. The largest absolute Gasteiger partial charge is 0.461 e. The number of anilines is 1. The summed E-state index contributed by atoms with van der Waals surface area (Å²) in [4.78, 5) is 24.5. The van der Waals surface area contributed by atoms with Gasteiger partial charge >= 0.3 is 5.97 Å². The lowest BCUT2D eigenvalue weighted by Crippen LogP contribution is -2.16. The van der Waals surface area contributed by atoms with Gasteiger partial charge in [-0.25, -0.2) is 4.79 Å². The summed E-state index contributed by atoms with van der Waals surface area (Å²) < 4.78 is 5.72. The Bertz CT molecular complexity index is 820. The van der Waals surface area contributed by atoms with E-state index in [9.17, 15) is 9.59 Å². The van der Waals surface area contributed by atoms with Gasteiger partial charge in [-0.15, -0.1) is 0 Å². The summed E-state index contributed by atoms with van der Waals surface area (Å²) >= 11 is 15.2. The highest BCUT2D eigenvalue weighted by Gasteiger charge is 2.15. The average Bonchev–Trinajstić information content (AvgIpc) is 2.58. The molecule has 2 rings (SSSR count). The lowest BCUT2D eigenvalue weighted by molar-refractivity contribution is -0.138. The van der Waals surface area contributed by atoms with Crippen LogP contribution in [0, 0.1) is 0 Å². The second kappa shape index (κ2) is 9.04. The van der Waals surface area contributed by atoms with Gasteiger partial charge in [0.15, 0.2) is 5.78 Å². The van der Waals surface area contributed by atoms with Crippen LogP contribution in [0.4, 0.5) is 5.69 Å². The van der Waals surface area contributed by atoms with Crippen molar-refractivity contribution in [3.8, 4) is 0 Å². The molecule has 0 amide bonds. The van der Waals surface area contributed by atoms with Gasteiger partial charge in [0.25, 0.3) is 0 Å². The molecule has 0 saturated carbocycles. The Morgan fingerprint density at radius 2 is 1.84 bits per heavy atom. The molecule has 1 N–H and O–H groups in total. The summed E-state index contributed by atoms with van der Waals surface area (Å²) in [6.45, 7) is 1.88. The topological polar surface area (TPSA) is 55.4 Å². The maximum Gasteiger partial charge on any atom is 0.354 e. The third-order valence-electron chi connectivity index (χ3n) is 3.10. The Balaban J connectivity index is 2.31. The first-order valence-corrected chi connectivity index (χ1v) is 8.86. The van der Waals surface area contributed by atoms with Crippen LogP contribution < -0.4 is 5.32 Å². The Morgan fingerprint density at radius 3 is 2.44 bits per heavy atom. The Morgan fingerprint density at radius 1 is 1.16 bits per heavy atom. The van der Waals surface area contributed by atoms with Crippen molar-refractivity contribution in [3.05, 3.63) is 74.3 Å². The lowest BCUT2D eigenvalue weighted by Gasteiger charge is -2.11. The van der Waals surface area contributed by atoms with E-state index in [0.29, 0.717) is 21.3 Å². The molecule has 0 spiro atoms. The van der Waals surface area contributed by atoms with Crippen molar-refractivity contribution in [3.63, 3.8) is 0 Å². The minimum Gasteiger partial charge on any atom is -0.461 e. The normalized spacial score (nSPS) is 11.1. The summed E-state index contributed by atoms with van der Waals surface area (Å²) in [5.41, 5.74) is 0.971. The highest BCUT2D eigenvalue weighted by Crippen LogP contribution is 2.26. The summed E-state index contributed by atoms with van der Waals surface area (Å²) in [6.07, 6.45) is 1.19. The fourth-order valence-corrected chi connectivity index (χ4v) is 2.47. The summed E-state index contributed by atoms with van der Waals surface area (Å²) in [5.74, 6) is -0.987. The number of nitrogens with one attached hydrogen (secondary N) is 1. The molecule has 0 aliphatic carbocycles. The number of hydrogen-bond donors (Lipinski definition) is 1. The van der Waals surface area contributed by atoms with Crippen molar-refractivity contribution in [1.82, 2.24) is 0 Å². The van der Waals surface area contributed by atoms with Crippen LogP contribution in [0.2, 0.25) is 10.0 Å².